The van der Waals surface area contributed by atoms with Crippen LogP contribution in [0.15, 0.2) is 83.0 Å². The van der Waals surface area contributed by atoms with Gasteiger partial charge in [0.05, 0.1) is 22.9 Å². The number of benzene rings is 3. The molecule has 0 spiro atoms. The highest BCUT2D eigenvalue weighted by molar-refractivity contribution is 7.00. The summed E-state index contributed by atoms with van der Waals surface area (Å²) >= 11 is 1.21. The summed E-state index contributed by atoms with van der Waals surface area (Å²) in [6.07, 6.45) is 7.46. The first-order valence-corrected chi connectivity index (χ1v) is 31.2. The zero-order valence-corrected chi connectivity index (χ0v) is 48.0. The summed E-state index contributed by atoms with van der Waals surface area (Å²) in [4.78, 5) is 0. The van der Waals surface area contributed by atoms with Gasteiger partial charge in [-0.15, -0.1) is 11.1 Å². The molecule has 0 N–H and O–H groups in total. The molecule has 1 aromatic heterocycles. The molecule has 69 heavy (non-hydrogen) atoms. The van der Waals surface area contributed by atoms with Crippen LogP contribution >= 0.6 is 11.7 Å². The van der Waals surface area contributed by atoms with Crippen LogP contribution < -0.4 is 0 Å². The van der Waals surface area contributed by atoms with Crippen molar-refractivity contribution in [2.24, 2.45) is 0 Å². The molecular weight excluding hydrogens is 885 g/mol. The Morgan fingerprint density at radius 1 is 0.377 bits per heavy atom. The number of hydrogen-bond donors (Lipinski definition) is 0. The van der Waals surface area contributed by atoms with E-state index in [9.17, 15) is 0 Å². The van der Waals surface area contributed by atoms with Gasteiger partial charge in [0, 0.05) is 44.5 Å². The Morgan fingerprint density at radius 3 is 0.870 bits per heavy atom. The van der Waals surface area contributed by atoms with Gasteiger partial charge in [-0.2, -0.15) is 8.75 Å². The summed E-state index contributed by atoms with van der Waals surface area (Å²) < 4.78 is 9.46. The highest BCUT2D eigenvalue weighted by Gasteiger charge is 2.42. The van der Waals surface area contributed by atoms with Crippen molar-refractivity contribution in [1.82, 2.24) is 8.75 Å². The zero-order chi connectivity index (χ0) is 50.7. The van der Waals surface area contributed by atoms with Crippen molar-refractivity contribution in [3.8, 4) is 70.3 Å². The van der Waals surface area contributed by atoms with Crippen molar-refractivity contribution in [3.63, 3.8) is 0 Å². The third-order valence-electron chi connectivity index (χ3n) is 13.9. The summed E-state index contributed by atoms with van der Waals surface area (Å²) in [5.41, 5.74) is 23.2. The van der Waals surface area contributed by atoms with Crippen LogP contribution in [-0.2, 0) is 0 Å². The monoisotopic (exact) mass is 965 g/mol. The van der Waals surface area contributed by atoms with E-state index in [1.165, 1.54) is 11.7 Å². The van der Waals surface area contributed by atoms with Crippen molar-refractivity contribution < 1.29 is 0 Å². The third-order valence-corrected chi connectivity index (χ3v) is 27.0. The fourth-order valence-electron chi connectivity index (χ4n) is 10.3. The maximum atomic E-state index is 4.73. The van der Waals surface area contributed by atoms with Crippen LogP contribution in [0.4, 0.5) is 0 Å². The molecule has 0 fully saturated rings. The molecule has 0 bridgehead atoms. The maximum Gasteiger partial charge on any atom is 0.146 e. The van der Waals surface area contributed by atoms with E-state index in [1.54, 1.807) is 0 Å². The molecule has 360 valence electrons. The first kappa shape index (κ1) is 56.3. The molecule has 5 heteroatoms. The second kappa shape index (κ2) is 27.2. The summed E-state index contributed by atoms with van der Waals surface area (Å²) in [5, 5.41) is 0. The molecule has 4 rings (SSSR count). The fourth-order valence-corrected chi connectivity index (χ4v) is 21.3. The Kier molecular flexibility index (Phi) is 22.2. The minimum atomic E-state index is -1.80. The van der Waals surface area contributed by atoms with Gasteiger partial charge in [-0.1, -0.05) is 196 Å². The second-order valence-corrected chi connectivity index (χ2v) is 32.2. The van der Waals surface area contributed by atoms with Gasteiger partial charge in [-0.25, -0.2) is 0 Å². The molecule has 0 aliphatic rings. The van der Waals surface area contributed by atoms with E-state index >= 15 is 0 Å². The van der Waals surface area contributed by atoms with E-state index in [1.807, 2.05) is 0 Å². The average Bonchev–Trinajstić information content (AvgIpc) is 3.81. The fraction of sp³-hybridized carbons (Fsp3) is 0.469. The van der Waals surface area contributed by atoms with Crippen LogP contribution in [0.3, 0.4) is 0 Å². The lowest BCUT2D eigenvalue weighted by molar-refractivity contribution is 0.838. The SMILES string of the molecule is CCCC(C#Cc1ccc(C#C[Si](C(C)C)(C(C)C)C(C)C)cc1)=C(C#Cc1ccc(C#CC(CCC)=C(C#Cc2ccc(C#C[Si](C(C)C)(C(C)C)C(C)C)cc2)CCC)c2nsnc12)CCC. The van der Waals surface area contributed by atoms with Crippen molar-refractivity contribution in [3.05, 3.63) is 116 Å². The molecule has 3 aromatic carbocycles. The van der Waals surface area contributed by atoms with Crippen molar-refractivity contribution in [2.75, 3.05) is 0 Å². The van der Waals surface area contributed by atoms with Gasteiger partial charge in [0.2, 0.25) is 0 Å². The Bertz CT molecular complexity index is 2570. The number of aromatic nitrogens is 2. The highest BCUT2D eigenvalue weighted by atomic mass is 32.1. The topological polar surface area (TPSA) is 25.8 Å². The van der Waals surface area contributed by atoms with Crippen LogP contribution in [-0.4, -0.2) is 24.9 Å². The van der Waals surface area contributed by atoms with Gasteiger partial charge in [-0.05, 0) is 120 Å². The van der Waals surface area contributed by atoms with Gasteiger partial charge >= 0.3 is 0 Å². The molecule has 0 aliphatic carbocycles. The van der Waals surface area contributed by atoms with E-state index in [4.69, 9.17) is 8.75 Å². The van der Waals surface area contributed by atoms with Crippen LogP contribution in [0.1, 0.15) is 196 Å². The minimum absolute atomic E-state index is 0.605. The van der Waals surface area contributed by atoms with Crippen molar-refractivity contribution in [2.45, 2.75) is 195 Å². The summed E-state index contributed by atoms with van der Waals surface area (Å²) in [6.45, 7) is 37.1. The first-order valence-electron chi connectivity index (χ1n) is 26.0. The van der Waals surface area contributed by atoms with E-state index < -0.39 is 16.1 Å². The van der Waals surface area contributed by atoms with Crippen molar-refractivity contribution in [1.29, 1.82) is 0 Å². The number of fused-ring (bicyclic) bond motifs is 1. The van der Waals surface area contributed by atoms with E-state index in [0.717, 1.165) is 118 Å². The number of hydrogen-bond acceptors (Lipinski definition) is 3. The lowest BCUT2D eigenvalue weighted by atomic mass is 9.98. The van der Waals surface area contributed by atoms with Gasteiger partial charge in [0.1, 0.15) is 27.2 Å². The largest absolute Gasteiger partial charge is 0.172 e. The summed E-state index contributed by atoms with van der Waals surface area (Å²) in [5.74, 6) is 35.3. The van der Waals surface area contributed by atoms with Crippen LogP contribution in [0.2, 0.25) is 33.2 Å². The lowest BCUT2D eigenvalue weighted by Crippen LogP contribution is -2.43. The van der Waals surface area contributed by atoms with Crippen LogP contribution in [0.5, 0.6) is 0 Å². The molecular formula is C64H80N2SSi2. The molecule has 0 amide bonds. The normalized spacial score (nSPS) is 12.2. The molecule has 0 saturated heterocycles. The van der Waals surface area contributed by atoms with Gasteiger partial charge in [-0.3, -0.25) is 0 Å². The van der Waals surface area contributed by atoms with Crippen molar-refractivity contribution >= 4 is 38.9 Å². The molecule has 2 nitrogen and oxygen atoms in total. The van der Waals surface area contributed by atoms with Crippen LogP contribution in [0, 0.1) is 70.3 Å². The molecule has 0 unspecified atom stereocenters. The average molecular weight is 966 g/mol. The summed E-state index contributed by atoms with van der Waals surface area (Å²) in [7, 11) is -3.60. The van der Waals surface area contributed by atoms with Gasteiger partial charge in [0.15, 0.2) is 0 Å². The molecule has 0 radical (unpaired) electrons. The molecule has 0 saturated carbocycles. The Balaban J connectivity index is 1.66. The number of rotatable bonds is 14. The highest BCUT2D eigenvalue weighted by Crippen LogP contribution is 2.42. The van der Waals surface area contributed by atoms with Gasteiger partial charge in [0.25, 0.3) is 0 Å². The Morgan fingerprint density at radius 2 is 0.623 bits per heavy atom. The molecule has 0 aliphatic heterocycles. The second-order valence-electron chi connectivity index (χ2n) is 20.5. The Labute approximate surface area is 427 Å². The van der Waals surface area contributed by atoms with Crippen LogP contribution in [0.25, 0.3) is 11.0 Å². The predicted octanol–water partition coefficient (Wildman–Crippen LogP) is 17.4. The van der Waals surface area contributed by atoms with E-state index in [0.29, 0.717) is 33.2 Å². The molecule has 0 atom stereocenters. The summed E-state index contributed by atoms with van der Waals surface area (Å²) in [6, 6.07) is 21.1. The lowest BCUT2D eigenvalue weighted by Gasteiger charge is -2.38. The first-order chi connectivity index (χ1) is 33.0. The number of allylic oxidation sites excluding steroid dienone is 4. The molecule has 4 aromatic rings. The minimum Gasteiger partial charge on any atom is -0.172 e. The standard InChI is InChI=1S/C64H80N2SSi2/c1-17-21-57(35-33-53-25-29-55(30-26-53)43-45-68(47(5)6,48(7)8)49(9)10)59(23-19-3)37-39-61-41-42-62(64-63(61)65-67-66-64)40-38-60(24-20-4)58(22-18-2)36-34-54-27-31-56(32-28-54)44-46-69(50(11)12,51(13)14)52(15)16/h25-32,41-42,47-52H,17-24H2,1-16H3. The third kappa shape index (κ3) is 14.6. The molecule has 1 heterocycles. The Hall–Kier alpha value is -5.25. The smallest absolute Gasteiger partial charge is 0.146 e. The number of nitrogens with zero attached hydrogens (tertiary/aromatic N) is 2. The zero-order valence-electron chi connectivity index (χ0n) is 45.2. The quantitative estimate of drug-likeness (QED) is 0.0930. The van der Waals surface area contributed by atoms with E-state index in [-0.39, 0.29) is 0 Å². The van der Waals surface area contributed by atoms with E-state index in [2.05, 4.69) is 242 Å². The predicted molar refractivity (Wildman–Crippen MR) is 307 cm³/mol. The van der Waals surface area contributed by atoms with Gasteiger partial charge < -0.3 is 0 Å². The maximum absolute atomic E-state index is 4.73.